The van der Waals surface area contributed by atoms with E-state index in [0.717, 1.165) is 0 Å². The van der Waals surface area contributed by atoms with Gasteiger partial charge in [-0.25, -0.2) is 4.79 Å². The van der Waals surface area contributed by atoms with Crippen molar-refractivity contribution < 1.29 is 24.2 Å². The van der Waals surface area contributed by atoms with Crippen LogP contribution in [0, 0.1) is 5.92 Å². The lowest BCUT2D eigenvalue weighted by atomic mass is 9.86. The maximum absolute atomic E-state index is 12.0. The third kappa shape index (κ3) is 3.74. The lowest BCUT2D eigenvalue weighted by Gasteiger charge is -2.26. The van der Waals surface area contributed by atoms with Crippen LogP contribution in [0.5, 0.6) is 0 Å². The Hall–Kier alpha value is -2.01. The monoisotopic (exact) mass is 278 g/mol. The molecule has 0 saturated heterocycles. The smallest absolute Gasteiger partial charge is 0.342 e. The average Bonchev–Trinajstić information content (AvgIpc) is 2.49. The van der Waals surface area contributed by atoms with Gasteiger partial charge in [-0.15, -0.1) is 0 Å². The van der Waals surface area contributed by atoms with Crippen molar-refractivity contribution in [3.63, 3.8) is 0 Å². The minimum Gasteiger partial charge on any atom is -0.464 e. The molecule has 0 radical (unpaired) electrons. The summed E-state index contributed by atoms with van der Waals surface area (Å²) in [5.74, 6) is -1.61. The van der Waals surface area contributed by atoms with Crippen molar-refractivity contribution in [2.45, 2.75) is 25.4 Å². The predicted octanol–water partition coefficient (Wildman–Crippen LogP) is 1.23. The number of hydrogen-bond acceptors (Lipinski definition) is 5. The molecule has 1 aromatic rings. The van der Waals surface area contributed by atoms with Crippen LogP contribution in [0.15, 0.2) is 30.3 Å². The topological polar surface area (TPSA) is 80.7 Å². The number of rotatable bonds is 8. The first kappa shape index (κ1) is 16.0. The number of benzene rings is 1. The van der Waals surface area contributed by atoms with Crippen LogP contribution < -0.4 is 0 Å². The van der Waals surface area contributed by atoms with E-state index in [2.05, 4.69) is 0 Å². The van der Waals surface area contributed by atoms with E-state index in [4.69, 9.17) is 4.74 Å². The Bertz CT molecular complexity index is 449. The first-order valence-corrected chi connectivity index (χ1v) is 6.44. The summed E-state index contributed by atoms with van der Waals surface area (Å²) in [6, 6.07) is 8.35. The summed E-state index contributed by atoms with van der Waals surface area (Å²) in [5, 5.41) is 10.6. The minimum atomic E-state index is -1.85. The Balaban J connectivity index is 2.98. The quantitative estimate of drug-likeness (QED) is 0.439. The van der Waals surface area contributed by atoms with Crippen LogP contribution in [0.4, 0.5) is 0 Å². The van der Waals surface area contributed by atoms with Gasteiger partial charge in [0.15, 0.2) is 5.60 Å². The van der Waals surface area contributed by atoms with Crippen molar-refractivity contribution in [1.29, 1.82) is 0 Å². The van der Waals surface area contributed by atoms with E-state index < -0.39 is 17.5 Å². The third-order valence-corrected chi connectivity index (χ3v) is 3.05. The molecule has 5 nitrogen and oxygen atoms in total. The molecule has 20 heavy (non-hydrogen) atoms. The Morgan fingerprint density at radius 1 is 1.30 bits per heavy atom. The van der Waals surface area contributed by atoms with Gasteiger partial charge in [0.1, 0.15) is 12.6 Å². The largest absolute Gasteiger partial charge is 0.464 e. The lowest BCUT2D eigenvalue weighted by Crippen LogP contribution is -2.38. The Morgan fingerprint density at radius 3 is 2.40 bits per heavy atom. The molecule has 0 aliphatic carbocycles. The molecule has 1 rings (SSSR count). The Kier molecular flexibility index (Phi) is 6.06. The molecule has 1 N–H and O–H groups in total. The van der Waals surface area contributed by atoms with Gasteiger partial charge in [0.05, 0.1) is 12.5 Å². The van der Waals surface area contributed by atoms with Gasteiger partial charge in [0.25, 0.3) is 0 Å². The first-order valence-electron chi connectivity index (χ1n) is 6.44. The number of esters is 1. The van der Waals surface area contributed by atoms with E-state index in [0.29, 0.717) is 18.1 Å². The molecule has 0 spiro atoms. The van der Waals surface area contributed by atoms with Gasteiger partial charge in [-0.2, -0.15) is 0 Å². The molecule has 0 saturated carbocycles. The highest BCUT2D eigenvalue weighted by Gasteiger charge is 2.39. The van der Waals surface area contributed by atoms with Gasteiger partial charge in [0.2, 0.25) is 0 Å². The van der Waals surface area contributed by atoms with Crippen LogP contribution in [-0.4, -0.2) is 30.3 Å². The molecule has 0 heterocycles. The summed E-state index contributed by atoms with van der Waals surface area (Å²) in [7, 11) is 0. The van der Waals surface area contributed by atoms with E-state index >= 15 is 0 Å². The molecule has 0 bridgehead atoms. The van der Waals surface area contributed by atoms with Crippen molar-refractivity contribution in [2.24, 2.45) is 5.92 Å². The molecule has 1 atom stereocenters. The van der Waals surface area contributed by atoms with Gasteiger partial charge in [-0.1, -0.05) is 30.3 Å². The maximum atomic E-state index is 12.0. The van der Waals surface area contributed by atoms with E-state index in [9.17, 15) is 19.5 Å². The van der Waals surface area contributed by atoms with Gasteiger partial charge in [-0.05, 0) is 25.3 Å². The lowest BCUT2D eigenvalue weighted by molar-refractivity contribution is -0.167. The summed E-state index contributed by atoms with van der Waals surface area (Å²) in [4.78, 5) is 33.3. The molecule has 1 unspecified atom stereocenters. The van der Waals surface area contributed by atoms with Gasteiger partial charge >= 0.3 is 5.97 Å². The van der Waals surface area contributed by atoms with Gasteiger partial charge in [0, 0.05) is 0 Å². The van der Waals surface area contributed by atoms with Crippen molar-refractivity contribution in [2.75, 3.05) is 6.61 Å². The second kappa shape index (κ2) is 7.55. The van der Waals surface area contributed by atoms with E-state index in [1.165, 1.54) is 0 Å². The molecule has 1 aromatic carbocycles. The number of aliphatic hydroxyl groups is 1. The van der Waals surface area contributed by atoms with Crippen molar-refractivity contribution in [1.82, 2.24) is 0 Å². The van der Waals surface area contributed by atoms with Crippen LogP contribution in [0.2, 0.25) is 0 Å². The average molecular weight is 278 g/mol. The van der Waals surface area contributed by atoms with Crippen LogP contribution in [0.3, 0.4) is 0 Å². The molecule has 0 amide bonds. The fourth-order valence-corrected chi connectivity index (χ4v) is 1.87. The van der Waals surface area contributed by atoms with Crippen LogP contribution in [0.25, 0.3) is 0 Å². The van der Waals surface area contributed by atoms with E-state index in [1.807, 2.05) is 0 Å². The maximum Gasteiger partial charge on any atom is 0.342 e. The number of carbonyl (C=O) groups is 3. The highest BCUT2D eigenvalue weighted by molar-refractivity contribution is 5.81. The molecule has 5 heteroatoms. The summed E-state index contributed by atoms with van der Waals surface area (Å²) < 4.78 is 4.90. The summed E-state index contributed by atoms with van der Waals surface area (Å²) in [6.45, 7) is 1.78. The number of hydrogen-bond donors (Lipinski definition) is 1. The van der Waals surface area contributed by atoms with E-state index in [-0.39, 0.29) is 19.4 Å². The highest BCUT2D eigenvalue weighted by Crippen LogP contribution is 2.29. The Morgan fingerprint density at radius 2 is 1.90 bits per heavy atom. The van der Waals surface area contributed by atoms with Crippen molar-refractivity contribution >= 4 is 18.5 Å². The first-order chi connectivity index (χ1) is 9.58. The SMILES string of the molecule is CCOC(=O)C(O)(CCC(C=O)C=O)c1ccccc1. The zero-order valence-electron chi connectivity index (χ0n) is 11.3. The Labute approximate surface area is 117 Å². The van der Waals surface area contributed by atoms with Gasteiger partial charge < -0.3 is 19.4 Å². The highest BCUT2D eigenvalue weighted by atomic mass is 16.5. The predicted molar refractivity (Wildman–Crippen MR) is 71.8 cm³/mol. The van der Waals surface area contributed by atoms with Crippen molar-refractivity contribution in [3.05, 3.63) is 35.9 Å². The molecular formula is C15H18O5. The van der Waals surface area contributed by atoms with Crippen LogP contribution in [-0.2, 0) is 24.7 Å². The number of carbonyl (C=O) groups excluding carboxylic acids is 3. The summed E-state index contributed by atoms with van der Waals surface area (Å²) in [6.07, 6.45) is 1.03. The summed E-state index contributed by atoms with van der Waals surface area (Å²) >= 11 is 0. The second-order valence-corrected chi connectivity index (χ2v) is 4.42. The van der Waals surface area contributed by atoms with Crippen LogP contribution >= 0.6 is 0 Å². The molecular weight excluding hydrogens is 260 g/mol. The normalized spacial score (nSPS) is 13.6. The fourth-order valence-electron chi connectivity index (χ4n) is 1.87. The third-order valence-electron chi connectivity index (χ3n) is 3.05. The number of ether oxygens (including phenoxy) is 1. The van der Waals surface area contributed by atoms with Crippen LogP contribution in [0.1, 0.15) is 25.3 Å². The number of aldehydes is 2. The second-order valence-electron chi connectivity index (χ2n) is 4.42. The summed E-state index contributed by atoms with van der Waals surface area (Å²) in [5.41, 5.74) is -1.46. The molecule has 0 aliphatic rings. The zero-order chi connectivity index (χ0) is 15.0. The van der Waals surface area contributed by atoms with E-state index in [1.54, 1.807) is 37.3 Å². The molecule has 108 valence electrons. The zero-order valence-corrected chi connectivity index (χ0v) is 11.3. The molecule has 0 aliphatic heterocycles. The molecule has 0 fully saturated rings. The minimum absolute atomic E-state index is 0.0575. The fraction of sp³-hybridized carbons (Fsp3) is 0.400. The van der Waals surface area contributed by atoms with Crippen molar-refractivity contribution in [3.8, 4) is 0 Å². The van der Waals surface area contributed by atoms with Gasteiger partial charge in [-0.3, -0.25) is 0 Å². The standard InChI is InChI=1S/C15H18O5/c1-2-20-14(18)15(19,9-8-12(10-16)11-17)13-6-4-3-5-7-13/h3-7,10-12,19H,2,8-9H2,1H3. The molecule has 0 aromatic heterocycles.